The van der Waals surface area contributed by atoms with Gasteiger partial charge in [0.25, 0.3) is 0 Å². The molecule has 30 heavy (non-hydrogen) atoms. The minimum atomic E-state index is -0.451. The van der Waals surface area contributed by atoms with Crippen LogP contribution < -0.4 is 5.73 Å². The highest BCUT2D eigenvalue weighted by atomic mass is 16.7. The molecule has 0 aromatic heterocycles. The Balaban J connectivity index is 1.54. The molecular weight excluding hydrogens is 380 g/mol. The Morgan fingerprint density at radius 3 is 2.30 bits per heavy atom. The van der Waals surface area contributed by atoms with Gasteiger partial charge in [-0.3, -0.25) is 4.90 Å². The van der Waals surface area contributed by atoms with Gasteiger partial charge in [-0.05, 0) is 36.1 Å². The molecule has 4 atom stereocenters. The van der Waals surface area contributed by atoms with Crippen molar-refractivity contribution < 1.29 is 19.7 Å². The Kier molecular flexibility index (Phi) is 7.15. The van der Waals surface area contributed by atoms with Gasteiger partial charge in [-0.15, -0.1) is 0 Å². The molecule has 4 rings (SSSR count). The van der Waals surface area contributed by atoms with Crippen molar-refractivity contribution in [3.63, 3.8) is 0 Å². The first-order valence-corrected chi connectivity index (χ1v) is 10.8. The van der Waals surface area contributed by atoms with Crippen LogP contribution in [-0.2, 0) is 22.6 Å². The number of hydrogen-bond donors (Lipinski definition) is 3. The van der Waals surface area contributed by atoms with Crippen LogP contribution in [0.15, 0.2) is 48.5 Å². The lowest BCUT2D eigenvalue weighted by molar-refractivity contribution is -0.253. The molecule has 2 aliphatic heterocycles. The van der Waals surface area contributed by atoms with E-state index in [4.69, 9.17) is 15.2 Å². The smallest absolute Gasteiger partial charge is 0.184 e. The molecular formula is C24H32N2O4. The largest absolute Gasteiger partial charge is 0.395 e. The monoisotopic (exact) mass is 412 g/mol. The van der Waals surface area contributed by atoms with E-state index in [1.807, 2.05) is 48.5 Å². The predicted octanol–water partition coefficient (Wildman–Crippen LogP) is 2.64. The Morgan fingerprint density at radius 2 is 1.63 bits per heavy atom. The number of nitrogens with two attached hydrogens (primary N) is 1. The van der Waals surface area contributed by atoms with Crippen LogP contribution >= 0.6 is 0 Å². The molecule has 4 N–H and O–H groups in total. The minimum absolute atomic E-state index is 0.00704. The average Bonchev–Trinajstić information content (AvgIpc) is 3.26. The van der Waals surface area contributed by atoms with Crippen molar-refractivity contribution in [1.29, 1.82) is 0 Å². The maximum Gasteiger partial charge on any atom is 0.184 e. The number of rotatable bonds is 7. The molecule has 0 aliphatic carbocycles. The minimum Gasteiger partial charge on any atom is -0.395 e. The molecule has 162 valence electrons. The summed E-state index contributed by atoms with van der Waals surface area (Å²) in [7, 11) is 0. The second kappa shape index (κ2) is 10.0. The summed E-state index contributed by atoms with van der Waals surface area (Å²) >= 11 is 0. The SMILES string of the molecule is NCc1ccc([C@@H]2O[C@H](CN3CCC[C@@H]3CO)C[C@H](c3ccc(CO)cc3)O2)cc1. The quantitative estimate of drug-likeness (QED) is 0.648. The standard InChI is InChI=1S/C24H32N2O4/c25-13-17-3-9-20(10-4-17)24-29-22(14-26-11-1-2-21(26)16-28)12-23(30-24)19-7-5-18(15-27)6-8-19/h3-10,21-24,27-28H,1-2,11-16,25H2/t21-,22+,23-,24-/m1/s1. The molecule has 2 fully saturated rings. The lowest BCUT2D eigenvalue weighted by Crippen LogP contribution is -2.42. The summed E-state index contributed by atoms with van der Waals surface area (Å²) in [6, 6.07) is 16.2. The summed E-state index contributed by atoms with van der Waals surface area (Å²) in [5, 5.41) is 19.0. The van der Waals surface area contributed by atoms with Crippen molar-refractivity contribution in [2.75, 3.05) is 19.7 Å². The van der Waals surface area contributed by atoms with Crippen molar-refractivity contribution in [3.05, 3.63) is 70.8 Å². The van der Waals surface area contributed by atoms with Crippen LogP contribution in [0.25, 0.3) is 0 Å². The highest BCUT2D eigenvalue weighted by Gasteiger charge is 2.35. The van der Waals surface area contributed by atoms with Gasteiger partial charge in [0.1, 0.15) is 0 Å². The third-order valence-electron chi connectivity index (χ3n) is 6.25. The number of ether oxygens (including phenoxy) is 2. The lowest BCUT2D eigenvalue weighted by Gasteiger charge is -2.38. The summed E-state index contributed by atoms with van der Waals surface area (Å²) in [5.74, 6) is 0. The zero-order chi connectivity index (χ0) is 20.9. The number of likely N-dealkylation sites (tertiary alicyclic amines) is 1. The van der Waals surface area contributed by atoms with E-state index < -0.39 is 6.29 Å². The second-order valence-electron chi connectivity index (χ2n) is 8.27. The van der Waals surface area contributed by atoms with Crippen molar-refractivity contribution in [3.8, 4) is 0 Å². The summed E-state index contributed by atoms with van der Waals surface area (Å²) in [6.45, 7) is 2.52. The van der Waals surface area contributed by atoms with E-state index in [2.05, 4.69) is 4.90 Å². The van der Waals surface area contributed by atoms with E-state index in [1.54, 1.807) is 0 Å². The molecule has 0 spiro atoms. The molecule has 6 nitrogen and oxygen atoms in total. The molecule has 2 aromatic rings. The Hall–Kier alpha value is -1.80. The van der Waals surface area contributed by atoms with Gasteiger partial charge in [0.05, 0.1) is 25.4 Å². The molecule has 2 heterocycles. The number of aliphatic hydroxyl groups is 2. The van der Waals surface area contributed by atoms with Crippen LogP contribution in [0, 0.1) is 0 Å². The topological polar surface area (TPSA) is 88.2 Å². The van der Waals surface area contributed by atoms with Gasteiger partial charge in [-0.25, -0.2) is 0 Å². The summed E-state index contributed by atoms with van der Waals surface area (Å²) in [5.41, 5.74) is 9.76. The van der Waals surface area contributed by atoms with E-state index in [9.17, 15) is 10.2 Å². The molecule has 0 bridgehead atoms. The van der Waals surface area contributed by atoms with Gasteiger partial charge < -0.3 is 25.4 Å². The first-order chi connectivity index (χ1) is 14.7. The molecule has 0 unspecified atom stereocenters. The van der Waals surface area contributed by atoms with Gasteiger partial charge in [0, 0.05) is 31.1 Å². The van der Waals surface area contributed by atoms with Crippen LogP contribution in [0.5, 0.6) is 0 Å². The van der Waals surface area contributed by atoms with Crippen molar-refractivity contribution in [2.24, 2.45) is 5.73 Å². The fraction of sp³-hybridized carbons (Fsp3) is 0.500. The van der Waals surface area contributed by atoms with E-state index in [0.717, 1.165) is 54.6 Å². The maximum absolute atomic E-state index is 9.69. The van der Waals surface area contributed by atoms with Gasteiger partial charge >= 0.3 is 0 Å². The van der Waals surface area contributed by atoms with Crippen LogP contribution in [0.1, 0.15) is 53.9 Å². The molecule has 6 heteroatoms. The van der Waals surface area contributed by atoms with E-state index in [-0.39, 0.29) is 31.5 Å². The third kappa shape index (κ3) is 4.91. The fourth-order valence-electron chi connectivity index (χ4n) is 4.45. The highest BCUT2D eigenvalue weighted by molar-refractivity contribution is 5.26. The molecule has 0 amide bonds. The second-order valence-corrected chi connectivity index (χ2v) is 8.27. The highest BCUT2D eigenvalue weighted by Crippen LogP contribution is 2.38. The van der Waals surface area contributed by atoms with Crippen LogP contribution in [-0.4, -0.2) is 47.0 Å². The van der Waals surface area contributed by atoms with Crippen molar-refractivity contribution in [2.45, 2.75) is 57.0 Å². The summed E-state index contributed by atoms with van der Waals surface area (Å²) in [6.07, 6.45) is 2.37. The first kappa shape index (κ1) is 21.4. The van der Waals surface area contributed by atoms with Crippen LogP contribution in [0.4, 0.5) is 0 Å². The predicted molar refractivity (Wildman–Crippen MR) is 114 cm³/mol. The van der Waals surface area contributed by atoms with E-state index in [1.165, 1.54) is 0 Å². The van der Waals surface area contributed by atoms with Crippen molar-refractivity contribution in [1.82, 2.24) is 4.90 Å². The molecule has 0 saturated carbocycles. The number of nitrogens with zero attached hydrogens (tertiary/aromatic N) is 1. The number of hydrogen-bond acceptors (Lipinski definition) is 6. The normalized spacial score (nSPS) is 27.4. The van der Waals surface area contributed by atoms with Crippen LogP contribution in [0.3, 0.4) is 0 Å². The van der Waals surface area contributed by atoms with Crippen molar-refractivity contribution >= 4 is 0 Å². The lowest BCUT2D eigenvalue weighted by atomic mass is 9.99. The van der Waals surface area contributed by atoms with Gasteiger partial charge in [0.2, 0.25) is 0 Å². The third-order valence-corrected chi connectivity index (χ3v) is 6.25. The van der Waals surface area contributed by atoms with E-state index in [0.29, 0.717) is 6.54 Å². The summed E-state index contributed by atoms with van der Waals surface area (Å²) in [4.78, 5) is 2.34. The molecule has 0 radical (unpaired) electrons. The molecule has 2 saturated heterocycles. The van der Waals surface area contributed by atoms with Gasteiger partial charge in [-0.1, -0.05) is 48.5 Å². The number of benzene rings is 2. The van der Waals surface area contributed by atoms with E-state index >= 15 is 0 Å². The molecule has 2 aromatic carbocycles. The zero-order valence-electron chi connectivity index (χ0n) is 17.3. The fourth-order valence-corrected chi connectivity index (χ4v) is 4.45. The zero-order valence-corrected chi connectivity index (χ0v) is 17.3. The summed E-state index contributed by atoms with van der Waals surface area (Å²) < 4.78 is 12.8. The number of aliphatic hydroxyl groups excluding tert-OH is 2. The van der Waals surface area contributed by atoms with Gasteiger partial charge in [-0.2, -0.15) is 0 Å². The Morgan fingerprint density at radius 1 is 0.933 bits per heavy atom. The Bertz CT molecular complexity index is 740. The van der Waals surface area contributed by atoms with Crippen LogP contribution in [0.2, 0.25) is 0 Å². The average molecular weight is 413 g/mol. The van der Waals surface area contributed by atoms with Gasteiger partial charge in [0.15, 0.2) is 6.29 Å². The first-order valence-electron chi connectivity index (χ1n) is 10.8. The Labute approximate surface area is 178 Å². The maximum atomic E-state index is 9.69. The molecule has 2 aliphatic rings.